The summed E-state index contributed by atoms with van der Waals surface area (Å²) < 4.78 is 13.4. The van der Waals surface area contributed by atoms with Crippen molar-refractivity contribution in [2.45, 2.75) is 12.5 Å². The monoisotopic (exact) mass is 348 g/mol. The van der Waals surface area contributed by atoms with Crippen molar-refractivity contribution in [2.24, 2.45) is 5.92 Å². The number of hydrogen-bond acceptors (Lipinski definition) is 2. The molecule has 1 heterocycles. The maximum absolute atomic E-state index is 13.4. The highest BCUT2D eigenvalue weighted by Gasteiger charge is 2.34. The van der Waals surface area contributed by atoms with Crippen LogP contribution in [0.5, 0.6) is 0 Å². The number of nitrogens with one attached hydrogen (secondary N) is 1. The third-order valence-electron chi connectivity index (χ3n) is 4.23. The van der Waals surface area contributed by atoms with Crippen LogP contribution in [0.1, 0.15) is 5.56 Å². The molecular formula is C18H18ClFN2O2. The molecule has 1 fully saturated rings. The number of halogens is 2. The Labute approximate surface area is 144 Å². The molecule has 0 spiro atoms. The largest absolute Gasteiger partial charge is 0.391 e. The van der Waals surface area contributed by atoms with Crippen molar-refractivity contribution in [2.75, 3.05) is 18.4 Å². The molecular weight excluding hydrogens is 331 g/mol. The topological polar surface area (TPSA) is 52.6 Å². The number of amides is 2. The first-order chi connectivity index (χ1) is 11.5. The fourth-order valence-electron chi connectivity index (χ4n) is 2.93. The minimum Gasteiger partial charge on any atom is -0.391 e. The van der Waals surface area contributed by atoms with Gasteiger partial charge in [0.2, 0.25) is 0 Å². The quantitative estimate of drug-likeness (QED) is 0.891. The Morgan fingerprint density at radius 3 is 2.71 bits per heavy atom. The van der Waals surface area contributed by atoms with Gasteiger partial charge in [-0.3, -0.25) is 0 Å². The normalized spacial score (nSPS) is 20.2. The SMILES string of the molecule is O=C(Nc1cccc(F)c1Cl)N1C[C@@H](Cc2ccccc2)[C@H](O)C1. The molecule has 0 aliphatic carbocycles. The van der Waals surface area contributed by atoms with Crippen molar-refractivity contribution >= 4 is 23.3 Å². The smallest absolute Gasteiger partial charge is 0.321 e. The van der Waals surface area contributed by atoms with Gasteiger partial charge >= 0.3 is 6.03 Å². The first kappa shape index (κ1) is 16.7. The van der Waals surface area contributed by atoms with Crippen molar-refractivity contribution in [3.63, 3.8) is 0 Å². The standard InChI is InChI=1S/C18H18ClFN2O2/c19-17-14(20)7-4-8-15(17)21-18(24)22-10-13(16(23)11-22)9-12-5-2-1-3-6-12/h1-8,13,16,23H,9-11H2,(H,21,24)/t13-,16-/m1/s1. The Balaban J connectivity index is 1.63. The molecule has 6 heteroatoms. The maximum atomic E-state index is 13.4. The number of aliphatic hydroxyl groups excluding tert-OH is 1. The fourth-order valence-corrected chi connectivity index (χ4v) is 3.11. The van der Waals surface area contributed by atoms with Crippen LogP contribution in [0, 0.1) is 11.7 Å². The number of likely N-dealkylation sites (tertiary alicyclic amines) is 1. The van der Waals surface area contributed by atoms with Crippen LogP contribution in [0.4, 0.5) is 14.9 Å². The lowest BCUT2D eigenvalue weighted by Gasteiger charge is -2.17. The summed E-state index contributed by atoms with van der Waals surface area (Å²) in [6.07, 6.45) is 0.117. The predicted molar refractivity (Wildman–Crippen MR) is 91.6 cm³/mol. The van der Waals surface area contributed by atoms with Crippen LogP contribution >= 0.6 is 11.6 Å². The zero-order chi connectivity index (χ0) is 17.1. The zero-order valence-electron chi connectivity index (χ0n) is 13.0. The Morgan fingerprint density at radius 1 is 1.21 bits per heavy atom. The molecule has 1 aliphatic rings. The van der Waals surface area contributed by atoms with Crippen molar-refractivity contribution in [1.82, 2.24) is 4.90 Å². The summed E-state index contributed by atoms with van der Waals surface area (Å²) in [6, 6.07) is 13.7. The minimum atomic E-state index is -0.585. The average molecular weight is 349 g/mol. The van der Waals surface area contributed by atoms with Crippen LogP contribution in [0.3, 0.4) is 0 Å². The van der Waals surface area contributed by atoms with Gasteiger partial charge < -0.3 is 15.3 Å². The summed E-state index contributed by atoms with van der Waals surface area (Å²) in [6.45, 7) is 0.686. The number of anilines is 1. The van der Waals surface area contributed by atoms with Crippen LogP contribution in [0.2, 0.25) is 5.02 Å². The van der Waals surface area contributed by atoms with E-state index in [-0.39, 0.29) is 23.2 Å². The summed E-state index contributed by atoms with van der Waals surface area (Å²) in [5.74, 6) is -0.612. The summed E-state index contributed by atoms with van der Waals surface area (Å²) in [5.41, 5.74) is 1.35. The molecule has 1 aliphatic heterocycles. The van der Waals surface area contributed by atoms with E-state index in [1.54, 1.807) is 0 Å². The van der Waals surface area contributed by atoms with Crippen molar-refractivity contribution in [3.8, 4) is 0 Å². The highest BCUT2D eigenvalue weighted by molar-refractivity contribution is 6.33. The lowest BCUT2D eigenvalue weighted by Crippen LogP contribution is -2.33. The van der Waals surface area contributed by atoms with Crippen LogP contribution in [0.25, 0.3) is 0 Å². The number of hydrogen-bond donors (Lipinski definition) is 2. The van der Waals surface area contributed by atoms with Gasteiger partial charge in [-0.15, -0.1) is 0 Å². The molecule has 0 saturated carbocycles. The van der Waals surface area contributed by atoms with Gasteiger partial charge in [-0.1, -0.05) is 48.0 Å². The van der Waals surface area contributed by atoms with Crippen LogP contribution in [-0.4, -0.2) is 35.2 Å². The molecule has 0 bridgehead atoms. The highest BCUT2D eigenvalue weighted by atomic mass is 35.5. The average Bonchev–Trinajstić information content (AvgIpc) is 2.94. The van der Waals surface area contributed by atoms with E-state index >= 15 is 0 Å². The van der Waals surface area contributed by atoms with Crippen molar-refractivity contribution in [3.05, 3.63) is 64.9 Å². The van der Waals surface area contributed by atoms with Crippen molar-refractivity contribution < 1.29 is 14.3 Å². The number of rotatable bonds is 3. The predicted octanol–water partition coefficient (Wildman–Crippen LogP) is 3.55. The minimum absolute atomic E-state index is 0.0267. The number of urea groups is 1. The van der Waals surface area contributed by atoms with E-state index in [9.17, 15) is 14.3 Å². The van der Waals surface area contributed by atoms with E-state index in [0.717, 1.165) is 5.56 Å². The second-order valence-corrected chi connectivity index (χ2v) is 6.33. The molecule has 0 aromatic heterocycles. The molecule has 2 amide bonds. The number of carbonyl (C=O) groups excluding carboxylic acids is 1. The van der Waals surface area contributed by atoms with Crippen LogP contribution in [-0.2, 0) is 6.42 Å². The van der Waals surface area contributed by atoms with Crippen LogP contribution in [0.15, 0.2) is 48.5 Å². The maximum Gasteiger partial charge on any atom is 0.321 e. The van der Waals surface area contributed by atoms with Gasteiger partial charge in [0.15, 0.2) is 0 Å². The lowest BCUT2D eigenvalue weighted by molar-refractivity contribution is 0.143. The van der Waals surface area contributed by atoms with Gasteiger partial charge in [-0.05, 0) is 24.1 Å². The Kier molecular flexibility index (Phi) is 5.02. The summed E-state index contributed by atoms with van der Waals surface area (Å²) in [5, 5.41) is 12.7. The zero-order valence-corrected chi connectivity index (χ0v) is 13.7. The first-order valence-corrected chi connectivity index (χ1v) is 8.14. The molecule has 4 nitrogen and oxygen atoms in total. The Morgan fingerprint density at radius 2 is 1.96 bits per heavy atom. The summed E-state index contributed by atoms with van der Waals surface area (Å²) in [4.78, 5) is 13.9. The number of aliphatic hydroxyl groups is 1. The van der Waals surface area contributed by atoms with E-state index in [0.29, 0.717) is 13.0 Å². The van der Waals surface area contributed by atoms with E-state index in [4.69, 9.17) is 11.6 Å². The lowest BCUT2D eigenvalue weighted by atomic mass is 9.97. The Hall–Kier alpha value is -2.11. The molecule has 0 radical (unpaired) electrons. The van der Waals surface area contributed by atoms with E-state index in [1.807, 2.05) is 30.3 Å². The third-order valence-corrected chi connectivity index (χ3v) is 4.61. The van der Waals surface area contributed by atoms with Gasteiger partial charge in [-0.25, -0.2) is 9.18 Å². The molecule has 1 saturated heterocycles. The number of nitrogens with zero attached hydrogens (tertiary/aromatic N) is 1. The van der Waals surface area contributed by atoms with Gasteiger partial charge in [0.1, 0.15) is 5.82 Å². The molecule has 2 aromatic carbocycles. The number of benzene rings is 2. The fraction of sp³-hybridized carbons (Fsp3) is 0.278. The molecule has 2 N–H and O–H groups in total. The first-order valence-electron chi connectivity index (χ1n) is 7.76. The Bertz CT molecular complexity index is 726. The highest BCUT2D eigenvalue weighted by Crippen LogP contribution is 2.26. The molecule has 3 rings (SSSR count). The molecule has 24 heavy (non-hydrogen) atoms. The summed E-state index contributed by atoms with van der Waals surface area (Å²) in [7, 11) is 0. The number of β-amino-alcohol motifs (C(OH)–C–C–N with tert-alkyl or cyclic N) is 1. The number of carbonyl (C=O) groups is 1. The summed E-state index contributed by atoms with van der Waals surface area (Å²) >= 11 is 5.85. The second kappa shape index (κ2) is 7.20. The van der Waals surface area contributed by atoms with Gasteiger partial charge in [0, 0.05) is 19.0 Å². The molecule has 2 aromatic rings. The molecule has 2 atom stereocenters. The van der Waals surface area contributed by atoms with Gasteiger partial charge in [0.25, 0.3) is 0 Å². The van der Waals surface area contributed by atoms with Crippen molar-refractivity contribution in [1.29, 1.82) is 0 Å². The van der Waals surface area contributed by atoms with E-state index in [2.05, 4.69) is 5.32 Å². The van der Waals surface area contributed by atoms with Gasteiger partial charge in [0.05, 0.1) is 16.8 Å². The van der Waals surface area contributed by atoms with Crippen LogP contribution < -0.4 is 5.32 Å². The van der Waals surface area contributed by atoms with Gasteiger partial charge in [-0.2, -0.15) is 0 Å². The third kappa shape index (κ3) is 3.68. The molecule has 0 unspecified atom stereocenters. The molecule has 126 valence electrons. The second-order valence-electron chi connectivity index (χ2n) is 5.95. The van der Waals surface area contributed by atoms with E-state index < -0.39 is 18.0 Å². The van der Waals surface area contributed by atoms with E-state index in [1.165, 1.54) is 23.1 Å².